The van der Waals surface area contributed by atoms with Gasteiger partial charge in [-0.25, -0.2) is 4.79 Å². The van der Waals surface area contributed by atoms with Crippen LogP contribution in [-0.4, -0.2) is 21.1 Å². The molecule has 2 aromatic carbocycles. The fourth-order valence-corrected chi connectivity index (χ4v) is 1.52. The molecule has 2 N–H and O–H groups in total. The second kappa shape index (κ2) is 5.27. The molecule has 20 heavy (non-hydrogen) atoms. The summed E-state index contributed by atoms with van der Waals surface area (Å²) in [5.74, 6) is -2.15. The molecular formula is C13H9NO6. The van der Waals surface area contributed by atoms with Crippen molar-refractivity contribution in [3.63, 3.8) is 0 Å². The summed E-state index contributed by atoms with van der Waals surface area (Å²) >= 11 is 0. The van der Waals surface area contributed by atoms with Crippen LogP contribution in [0.25, 0.3) is 0 Å². The molecule has 0 radical (unpaired) electrons. The third-order valence-electron chi connectivity index (χ3n) is 2.46. The van der Waals surface area contributed by atoms with Gasteiger partial charge < -0.3 is 14.9 Å². The number of hydrogen-bond donors (Lipinski definition) is 2. The highest BCUT2D eigenvalue weighted by atomic mass is 16.6. The minimum absolute atomic E-state index is 0.0677. The van der Waals surface area contributed by atoms with Crippen molar-refractivity contribution in [2.75, 3.05) is 0 Å². The number of hydrogen-bond acceptors (Lipinski definition) is 6. The number of para-hydroxylation sites is 1. The molecule has 2 aromatic rings. The van der Waals surface area contributed by atoms with Gasteiger partial charge in [0.25, 0.3) is 5.69 Å². The van der Waals surface area contributed by atoms with Gasteiger partial charge in [-0.3, -0.25) is 10.1 Å². The van der Waals surface area contributed by atoms with Gasteiger partial charge in [0.1, 0.15) is 0 Å². The van der Waals surface area contributed by atoms with Gasteiger partial charge in [0.15, 0.2) is 11.5 Å². The van der Waals surface area contributed by atoms with Gasteiger partial charge >= 0.3 is 5.97 Å². The van der Waals surface area contributed by atoms with Gasteiger partial charge in [0, 0.05) is 12.1 Å². The van der Waals surface area contributed by atoms with Crippen molar-refractivity contribution in [2.45, 2.75) is 0 Å². The van der Waals surface area contributed by atoms with Crippen LogP contribution >= 0.6 is 0 Å². The van der Waals surface area contributed by atoms with Crippen LogP contribution in [0.4, 0.5) is 5.69 Å². The quantitative estimate of drug-likeness (QED) is 0.384. The zero-order valence-electron chi connectivity index (χ0n) is 10.0. The summed E-state index contributed by atoms with van der Waals surface area (Å²) in [4.78, 5) is 21.8. The number of carbonyl (C=O) groups is 1. The molecule has 0 unspecified atom stereocenters. The van der Waals surface area contributed by atoms with Crippen LogP contribution in [0.2, 0.25) is 0 Å². The van der Waals surface area contributed by atoms with Crippen LogP contribution in [0.15, 0.2) is 42.5 Å². The van der Waals surface area contributed by atoms with E-state index in [-0.39, 0.29) is 11.3 Å². The molecule has 0 bridgehead atoms. The van der Waals surface area contributed by atoms with Crippen molar-refractivity contribution in [2.24, 2.45) is 0 Å². The molecular weight excluding hydrogens is 266 g/mol. The molecule has 0 amide bonds. The average Bonchev–Trinajstić information content (AvgIpc) is 2.43. The second-order valence-corrected chi connectivity index (χ2v) is 3.82. The minimum Gasteiger partial charge on any atom is -0.504 e. The SMILES string of the molecule is O=C(Oc1c(O)cccc1O)c1cccc([N+](=O)[O-])c1. The van der Waals surface area contributed by atoms with Crippen LogP contribution in [0, 0.1) is 10.1 Å². The fourth-order valence-electron chi connectivity index (χ4n) is 1.52. The Kier molecular flexibility index (Phi) is 3.52. The summed E-state index contributed by atoms with van der Waals surface area (Å²) < 4.78 is 4.84. The number of nitro benzene ring substituents is 1. The molecule has 0 aliphatic heterocycles. The normalized spacial score (nSPS) is 10.0. The standard InChI is InChI=1S/C13H9NO6/c15-10-5-2-6-11(16)12(10)20-13(17)8-3-1-4-9(7-8)14(18)19/h1-7,15-16H. The molecule has 0 aliphatic carbocycles. The molecule has 2 rings (SSSR count). The first kappa shape index (κ1) is 13.3. The number of carbonyl (C=O) groups excluding carboxylic acids is 1. The molecule has 0 aliphatic rings. The summed E-state index contributed by atoms with van der Waals surface area (Å²) in [6, 6.07) is 8.76. The number of phenols is 2. The van der Waals surface area contributed by atoms with E-state index in [1.807, 2.05) is 0 Å². The van der Waals surface area contributed by atoms with Gasteiger partial charge in [-0.1, -0.05) is 12.1 Å². The number of rotatable bonds is 3. The third-order valence-corrected chi connectivity index (χ3v) is 2.46. The van der Waals surface area contributed by atoms with E-state index < -0.39 is 28.1 Å². The van der Waals surface area contributed by atoms with Gasteiger partial charge in [-0.05, 0) is 18.2 Å². The van der Waals surface area contributed by atoms with Crippen molar-refractivity contribution >= 4 is 11.7 Å². The Bertz CT molecular complexity index is 662. The average molecular weight is 275 g/mol. The highest BCUT2D eigenvalue weighted by molar-refractivity contribution is 5.92. The summed E-state index contributed by atoms with van der Waals surface area (Å²) in [7, 11) is 0. The van der Waals surface area contributed by atoms with E-state index >= 15 is 0 Å². The van der Waals surface area contributed by atoms with E-state index in [4.69, 9.17) is 4.74 Å². The van der Waals surface area contributed by atoms with Gasteiger partial charge in [0.05, 0.1) is 10.5 Å². The Morgan fingerprint density at radius 1 is 1.10 bits per heavy atom. The Labute approximate surface area is 112 Å². The first-order valence-electron chi connectivity index (χ1n) is 5.46. The number of esters is 1. The number of nitrogens with zero attached hydrogens (tertiary/aromatic N) is 1. The first-order chi connectivity index (χ1) is 9.49. The fraction of sp³-hybridized carbons (Fsp3) is 0. The molecule has 0 aromatic heterocycles. The maximum atomic E-state index is 11.8. The zero-order valence-corrected chi connectivity index (χ0v) is 10.0. The summed E-state index contributed by atoms with van der Waals surface area (Å²) in [5.41, 5.74) is -0.331. The van der Waals surface area contributed by atoms with Crippen LogP contribution in [0.5, 0.6) is 17.2 Å². The van der Waals surface area contributed by atoms with Gasteiger partial charge in [0.2, 0.25) is 5.75 Å². The number of ether oxygens (including phenoxy) is 1. The Balaban J connectivity index is 2.29. The summed E-state index contributed by atoms with van der Waals surface area (Å²) in [5, 5.41) is 29.6. The van der Waals surface area contributed by atoms with E-state index in [0.29, 0.717) is 0 Å². The topological polar surface area (TPSA) is 110 Å². The number of nitro groups is 1. The lowest BCUT2D eigenvalue weighted by Crippen LogP contribution is -2.09. The second-order valence-electron chi connectivity index (χ2n) is 3.82. The van der Waals surface area contributed by atoms with Crippen molar-refractivity contribution in [1.29, 1.82) is 0 Å². The lowest BCUT2D eigenvalue weighted by atomic mass is 10.2. The predicted octanol–water partition coefficient (Wildman–Crippen LogP) is 2.23. The molecule has 0 spiro atoms. The number of benzene rings is 2. The highest BCUT2D eigenvalue weighted by Gasteiger charge is 2.17. The lowest BCUT2D eigenvalue weighted by molar-refractivity contribution is -0.384. The molecule has 0 atom stereocenters. The minimum atomic E-state index is -0.925. The molecule has 7 nitrogen and oxygen atoms in total. The first-order valence-corrected chi connectivity index (χ1v) is 5.46. The lowest BCUT2D eigenvalue weighted by Gasteiger charge is -2.07. The maximum Gasteiger partial charge on any atom is 0.344 e. The predicted molar refractivity (Wildman–Crippen MR) is 67.8 cm³/mol. The smallest absolute Gasteiger partial charge is 0.344 e. The van der Waals surface area contributed by atoms with E-state index in [0.717, 1.165) is 6.07 Å². The molecule has 0 saturated carbocycles. The van der Waals surface area contributed by atoms with Crippen molar-refractivity contribution in [1.82, 2.24) is 0 Å². The number of aromatic hydroxyl groups is 2. The molecule has 0 fully saturated rings. The van der Waals surface area contributed by atoms with Crippen LogP contribution in [0.1, 0.15) is 10.4 Å². The van der Waals surface area contributed by atoms with Crippen LogP contribution in [-0.2, 0) is 0 Å². The molecule has 102 valence electrons. The summed E-state index contributed by atoms with van der Waals surface area (Å²) in [6.45, 7) is 0. The van der Waals surface area contributed by atoms with Crippen LogP contribution in [0.3, 0.4) is 0 Å². The Hall–Kier alpha value is -3.09. The number of non-ortho nitro benzene ring substituents is 1. The van der Waals surface area contributed by atoms with E-state index in [2.05, 4.69) is 0 Å². The Morgan fingerprint density at radius 3 is 2.30 bits per heavy atom. The van der Waals surface area contributed by atoms with E-state index in [1.54, 1.807) is 0 Å². The summed E-state index contributed by atoms with van der Waals surface area (Å²) in [6.07, 6.45) is 0. The van der Waals surface area contributed by atoms with Crippen LogP contribution < -0.4 is 4.74 Å². The molecule has 7 heteroatoms. The molecule has 0 heterocycles. The van der Waals surface area contributed by atoms with Crippen molar-refractivity contribution in [3.05, 3.63) is 58.1 Å². The van der Waals surface area contributed by atoms with E-state index in [9.17, 15) is 25.1 Å². The maximum absolute atomic E-state index is 11.8. The Morgan fingerprint density at radius 2 is 1.70 bits per heavy atom. The monoisotopic (exact) mass is 275 g/mol. The van der Waals surface area contributed by atoms with Gasteiger partial charge in [-0.15, -0.1) is 0 Å². The largest absolute Gasteiger partial charge is 0.504 e. The molecule has 0 saturated heterocycles. The third kappa shape index (κ3) is 2.66. The van der Waals surface area contributed by atoms with Crippen molar-refractivity contribution < 1.29 is 24.7 Å². The van der Waals surface area contributed by atoms with Crippen molar-refractivity contribution in [3.8, 4) is 17.2 Å². The number of phenolic OH excluding ortho intramolecular Hbond substituents is 2. The zero-order chi connectivity index (χ0) is 14.7. The van der Waals surface area contributed by atoms with E-state index in [1.165, 1.54) is 36.4 Å². The van der Waals surface area contributed by atoms with Gasteiger partial charge in [-0.2, -0.15) is 0 Å². The highest BCUT2D eigenvalue weighted by Crippen LogP contribution is 2.35.